The van der Waals surface area contributed by atoms with Gasteiger partial charge in [0.05, 0.1) is 11.9 Å². The van der Waals surface area contributed by atoms with Gasteiger partial charge < -0.3 is 0 Å². The molecule has 0 N–H and O–H groups in total. The Labute approximate surface area is 72.3 Å². The van der Waals surface area contributed by atoms with Crippen LogP contribution in [0.1, 0.15) is 5.69 Å². The number of aromatic nitrogens is 3. The van der Waals surface area contributed by atoms with Crippen LogP contribution in [0.2, 0.25) is 0 Å². The van der Waals surface area contributed by atoms with E-state index in [-0.39, 0.29) is 17.0 Å². The smallest absolute Gasteiger partial charge is 0.0733 e. The van der Waals surface area contributed by atoms with Gasteiger partial charge in [-0.15, -0.1) is 22.1 Å². The van der Waals surface area contributed by atoms with E-state index in [0.717, 1.165) is 11.0 Å². The lowest BCUT2D eigenvalue weighted by Crippen LogP contribution is -1.94. The fourth-order valence-electron chi connectivity index (χ4n) is 0.432. The van der Waals surface area contributed by atoms with Gasteiger partial charge in [0.2, 0.25) is 0 Å². The molecule has 3 nitrogen and oxygen atoms in total. The van der Waals surface area contributed by atoms with Crippen LogP contribution in [0.25, 0.3) is 0 Å². The molecule has 0 aliphatic rings. The minimum absolute atomic E-state index is 0. The van der Waals surface area contributed by atoms with Crippen LogP contribution < -0.4 is 0 Å². The first-order chi connectivity index (χ1) is 3.84. The quantitative estimate of drug-likeness (QED) is 0.709. The molecule has 0 atom stereocenters. The van der Waals surface area contributed by atoms with Crippen molar-refractivity contribution < 1.29 is 0 Å². The summed E-state index contributed by atoms with van der Waals surface area (Å²) in [5.74, 6) is 0. The Morgan fingerprint density at radius 2 is 2.44 bits per heavy atom. The van der Waals surface area contributed by atoms with Crippen LogP contribution in [0.15, 0.2) is 6.20 Å². The Hall–Kier alpha value is 0.1000. The molecule has 0 saturated heterocycles. The molecule has 1 rings (SSSR count). The molecule has 9 heavy (non-hydrogen) atoms. The summed E-state index contributed by atoms with van der Waals surface area (Å²) in [5.41, 5.74) is 1.09. The monoisotopic (exact) mass is 255 g/mol. The summed E-state index contributed by atoms with van der Waals surface area (Å²) in [4.78, 5) is 0. The molecule has 0 saturated carbocycles. The van der Waals surface area contributed by atoms with E-state index in [9.17, 15) is 0 Å². The summed E-state index contributed by atoms with van der Waals surface area (Å²) >= 11 is 3.29. The average Bonchev–Trinajstić information content (AvgIpc) is 2.14. The molecule has 0 fully saturated rings. The van der Waals surface area contributed by atoms with Crippen molar-refractivity contribution in [3.63, 3.8) is 0 Å². The molecule has 1 aromatic heterocycles. The van der Waals surface area contributed by atoms with Gasteiger partial charge in [-0.2, -0.15) is 0 Å². The zero-order valence-corrected chi connectivity index (χ0v) is 8.21. The van der Waals surface area contributed by atoms with Gasteiger partial charge in [0.25, 0.3) is 0 Å². The highest BCUT2D eigenvalue weighted by molar-refractivity contribution is 9.08. The number of hydrogen-bond donors (Lipinski definition) is 0. The highest BCUT2D eigenvalue weighted by atomic mass is 79.9. The van der Waals surface area contributed by atoms with Crippen LogP contribution >= 0.6 is 32.9 Å². The second-order valence-corrected chi connectivity index (χ2v) is 2.04. The second-order valence-electron chi connectivity index (χ2n) is 1.48. The summed E-state index contributed by atoms with van der Waals surface area (Å²) in [6.07, 6.45) is 1.73. The van der Waals surface area contributed by atoms with Gasteiger partial charge in [0, 0.05) is 12.4 Å². The molecule has 0 aliphatic heterocycles. The van der Waals surface area contributed by atoms with E-state index >= 15 is 0 Å². The highest BCUT2D eigenvalue weighted by Crippen LogP contribution is 1.98. The summed E-state index contributed by atoms with van der Waals surface area (Å²) in [7, 11) is 1.86. The molecular weight excluding hydrogens is 250 g/mol. The van der Waals surface area contributed by atoms with E-state index < -0.39 is 0 Å². The lowest BCUT2D eigenvalue weighted by molar-refractivity contribution is 0.694. The highest BCUT2D eigenvalue weighted by Gasteiger charge is 1.92. The Bertz CT molecular complexity index is 174. The van der Waals surface area contributed by atoms with E-state index in [0.29, 0.717) is 0 Å². The van der Waals surface area contributed by atoms with Gasteiger partial charge in [-0.3, -0.25) is 4.68 Å². The number of halogens is 2. The lowest BCUT2D eigenvalue weighted by atomic mass is 10.6. The SMILES string of the molecule is Br.Cn1nncc1CBr. The fraction of sp³-hybridized carbons (Fsp3) is 0.500. The minimum atomic E-state index is 0. The largest absolute Gasteiger partial charge is 0.252 e. The maximum Gasteiger partial charge on any atom is 0.0733 e. The van der Waals surface area contributed by atoms with Crippen molar-refractivity contribution in [3.8, 4) is 0 Å². The van der Waals surface area contributed by atoms with E-state index in [4.69, 9.17) is 0 Å². The van der Waals surface area contributed by atoms with Gasteiger partial charge in [-0.05, 0) is 0 Å². The normalized spacial score (nSPS) is 8.67. The van der Waals surface area contributed by atoms with Gasteiger partial charge >= 0.3 is 0 Å². The van der Waals surface area contributed by atoms with Crippen LogP contribution in [0.5, 0.6) is 0 Å². The molecule has 1 heterocycles. The van der Waals surface area contributed by atoms with E-state index in [1.54, 1.807) is 10.9 Å². The van der Waals surface area contributed by atoms with Gasteiger partial charge in [0.15, 0.2) is 0 Å². The van der Waals surface area contributed by atoms with Crippen molar-refractivity contribution in [2.45, 2.75) is 5.33 Å². The summed E-state index contributed by atoms with van der Waals surface area (Å²) in [6, 6.07) is 0. The van der Waals surface area contributed by atoms with E-state index in [2.05, 4.69) is 26.2 Å². The maximum atomic E-state index is 3.72. The van der Waals surface area contributed by atoms with Crippen LogP contribution in [-0.2, 0) is 12.4 Å². The molecule has 52 valence electrons. The predicted molar refractivity (Wildman–Crippen MR) is 44.0 cm³/mol. The molecule has 0 aliphatic carbocycles. The van der Waals surface area contributed by atoms with Crippen molar-refractivity contribution in [2.24, 2.45) is 7.05 Å². The first-order valence-electron chi connectivity index (χ1n) is 2.24. The van der Waals surface area contributed by atoms with Crippen molar-refractivity contribution in [2.75, 3.05) is 0 Å². The Morgan fingerprint density at radius 1 is 1.78 bits per heavy atom. The molecule has 1 aromatic rings. The number of nitrogens with zero attached hydrogens (tertiary/aromatic N) is 3. The number of aryl methyl sites for hydroxylation is 1. The number of alkyl halides is 1. The Morgan fingerprint density at radius 3 is 2.67 bits per heavy atom. The van der Waals surface area contributed by atoms with Crippen LogP contribution in [0.4, 0.5) is 0 Å². The van der Waals surface area contributed by atoms with Crippen molar-refractivity contribution in [1.29, 1.82) is 0 Å². The summed E-state index contributed by atoms with van der Waals surface area (Å²) in [6.45, 7) is 0. The van der Waals surface area contributed by atoms with Crippen LogP contribution in [-0.4, -0.2) is 15.0 Å². The van der Waals surface area contributed by atoms with E-state index in [1.165, 1.54) is 0 Å². The molecule has 0 spiro atoms. The standard InChI is InChI=1S/C4H6BrN3.BrH/c1-8-4(2-5)3-6-7-8;/h3H,2H2,1H3;1H. The third-order valence-electron chi connectivity index (χ3n) is 0.945. The topological polar surface area (TPSA) is 30.7 Å². The summed E-state index contributed by atoms with van der Waals surface area (Å²) in [5, 5.41) is 8.22. The van der Waals surface area contributed by atoms with Crippen LogP contribution in [0.3, 0.4) is 0 Å². The minimum Gasteiger partial charge on any atom is -0.252 e. The van der Waals surface area contributed by atoms with Crippen LogP contribution in [0, 0.1) is 0 Å². The second kappa shape index (κ2) is 4.00. The number of rotatable bonds is 1. The predicted octanol–water partition coefficient (Wildman–Crippen LogP) is 1.29. The molecule has 0 radical (unpaired) electrons. The summed E-state index contributed by atoms with van der Waals surface area (Å²) < 4.78 is 1.73. The van der Waals surface area contributed by atoms with Gasteiger partial charge in [0.1, 0.15) is 0 Å². The first kappa shape index (κ1) is 9.10. The third-order valence-corrected chi connectivity index (χ3v) is 1.52. The zero-order chi connectivity index (χ0) is 5.98. The van der Waals surface area contributed by atoms with Crippen molar-refractivity contribution in [3.05, 3.63) is 11.9 Å². The Kier molecular flexibility index (Phi) is 4.05. The van der Waals surface area contributed by atoms with E-state index in [1.807, 2.05) is 7.05 Å². The van der Waals surface area contributed by atoms with Gasteiger partial charge in [-0.1, -0.05) is 21.1 Å². The average molecular weight is 257 g/mol. The van der Waals surface area contributed by atoms with Crippen molar-refractivity contribution in [1.82, 2.24) is 15.0 Å². The lowest BCUT2D eigenvalue weighted by Gasteiger charge is -1.89. The molecular formula is C4H7Br2N3. The zero-order valence-electron chi connectivity index (χ0n) is 4.91. The van der Waals surface area contributed by atoms with Gasteiger partial charge in [-0.25, -0.2) is 0 Å². The molecule has 5 heteroatoms. The number of hydrogen-bond acceptors (Lipinski definition) is 2. The molecule has 0 bridgehead atoms. The molecule has 0 unspecified atom stereocenters. The molecule has 0 aromatic carbocycles. The van der Waals surface area contributed by atoms with Crippen molar-refractivity contribution >= 4 is 32.9 Å². The maximum absolute atomic E-state index is 3.72. The third kappa shape index (κ3) is 2.06. The fourth-order valence-corrected chi connectivity index (χ4v) is 0.940. The Balaban J connectivity index is 0.000000640. The first-order valence-corrected chi connectivity index (χ1v) is 3.36. The molecule has 0 amide bonds.